The zero-order valence-corrected chi connectivity index (χ0v) is 26.7. The second-order valence-electron chi connectivity index (χ2n) is 11.1. The Morgan fingerprint density at radius 3 is 1.89 bits per heavy atom. The van der Waals surface area contributed by atoms with Gasteiger partial charge < -0.3 is 9.47 Å². The van der Waals surface area contributed by atoms with E-state index >= 15 is 0 Å². The highest BCUT2D eigenvalue weighted by molar-refractivity contribution is 7.18. The number of ether oxygens (including phenoxy) is 2. The molecule has 0 fully saturated rings. The number of nitrogens with zero attached hydrogens (tertiary/aromatic N) is 2. The van der Waals surface area contributed by atoms with Gasteiger partial charge in [0.05, 0.1) is 24.5 Å². The summed E-state index contributed by atoms with van der Waals surface area (Å²) < 4.78 is 52.0. The van der Waals surface area contributed by atoms with Crippen LogP contribution in [-0.2, 0) is 6.18 Å². The summed E-state index contributed by atoms with van der Waals surface area (Å²) in [6.45, 7) is 5.75. The van der Waals surface area contributed by atoms with E-state index in [1.54, 1.807) is 23.6 Å². The van der Waals surface area contributed by atoms with Crippen molar-refractivity contribution in [1.82, 2.24) is 15.2 Å². The van der Waals surface area contributed by atoms with Gasteiger partial charge in [0.1, 0.15) is 22.9 Å². The number of nitrogens with one attached hydrogen (secondary N) is 1. The average molecular weight is 628 g/mol. The summed E-state index contributed by atoms with van der Waals surface area (Å²) in [6, 6.07) is 14.7. The van der Waals surface area contributed by atoms with Gasteiger partial charge >= 0.3 is 6.18 Å². The van der Waals surface area contributed by atoms with Gasteiger partial charge in [-0.2, -0.15) is 18.3 Å². The Labute approximate surface area is 263 Å². The fourth-order valence-corrected chi connectivity index (χ4v) is 6.13. The average Bonchev–Trinajstić information content (AvgIpc) is 3.72. The Balaban J connectivity index is 1.52. The topological polar surface area (TPSA) is 60.0 Å². The molecule has 0 saturated carbocycles. The molecule has 1 N–H and O–H groups in total. The standard InChI is InChI=1S/C35H44F3N3O2S/c1-3-5-7-9-11-13-22-42-29-16-15-17-30(43-23-14-12-10-8-6-4-2)34(29)32-19-18-31(44-32)26-20-21-39-27(24-26)28-25-33(41-40-28)35(36,37)38/h15-21,24-25H,3-14,22-23H2,1-2H3,(H,40,41). The van der Waals surface area contributed by atoms with Crippen LogP contribution in [0.3, 0.4) is 0 Å². The molecule has 238 valence electrons. The van der Waals surface area contributed by atoms with Gasteiger partial charge in [0.2, 0.25) is 0 Å². The molecular formula is C35H44F3N3O2S. The van der Waals surface area contributed by atoms with E-state index in [1.807, 2.05) is 30.3 Å². The lowest BCUT2D eigenvalue weighted by atomic mass is 10.1. The minimum Gasteiger partial charge on any atom is -0.493 e. The van der Waals surface area contributed by atoms with Crippen LogP contribution in [0.4, 0.5) is 13.2 Å². The number of unbranched alkanes of at least 4 members (excludes halogenated alkanes) is 10. The zero-order valence-electron chi connectivity index (χ0n) is 25.8. The van der Waals surface area contributed by atoms with Crippen LogP contribution in [0.1, 0.15) is 96.6 Å². The van der Waals surface area contributed by atoms with Gasteiger partial charge in [-0.05, 0) is 60.9 Å². The summed E-state index contributed by atoms with van der Waals surface area (Å²) in [5, 5.41) is 5.91. The molecule has 0 spiro atoms. The number of hydrogen-bond acceptors (Lipinski definition) is 5. The van der Waals surface area contributed by atoms with Gasteiger partial charge in [-0.3, -0.25) is 10.1 Å². The first-order valence-electron chi connectivity index (χ1n) is 16.0. The van der Waals surface area contributed by atoms with Crippen molar-refractivity contribution in [2.45, 2.75) is 97.1 Å². The van der Waals surface area contributed by atoms with E-state index in [4.69, 9.17) is 9.47 Å². The lowest BCUT2D eigenvalue weighted by Gasteiger charge is -2.16. The molecule has 44 heavy (non-hydrogen) atoms. The second-order valence-corrected chi connectivity index (χ2v) is 12.2. The maximum Gasteiger partial charge on any atom is 0.432 e. The molecule has 0 atom stereocenters. The number of halogens is 3. The lowest BCUT2D eigenvalue weighted by molar-refractivity contribution is -0.141. The van der Waals surface area contributed by atoms with Gasteiger partial charge in [0.25, 0.3) is 0 Å². The number of pyridine rings is 1. The summed E-state index contributed by atoms with van der Waals surface area (Å²) in [5.74, 6) is 1.61. The number of aromatic amines is 1. The van der Waals surface area contributed by atoms with E-state index in [-0.39, 0.29) is 5.69 Å². The van der Waals surface area contributed by atoms with Crippen LogP contribution < -0.4 is 9.47 Å². The van der Waals surface area contributed by atoms with Crippen molar-refractivity contribution in [3.05, 3.63) is 60.4 Å². The van der Waals surface area contributed by atoms with Crippen LogP contribution in [0.15, 0.2) is 54.7 Å². The number of H-pyrrole nitrogens is 1. The van der Waals surface area contributed by atoms with E-state index < -0.39 is 11.9 Å². The number of aromatic nitrogens is 3. The summed E-state index contributed by atoms with van der Waals surface area (Å²) in [6.07, 6.45) is 11.4. The molecule has 4 rings (SSSR count). The van der Waals surface area contributed by atoms with Gasteiger partial charge in [-0.1, -0.05) is 84.1 Å². The molecular weight excluding hydrogens is 583 g/mol. The highest BCUT2D eigenvalue weighted by Gasteiger charge is 2.33. The van der Waals surface area contributed by atoms with Crippen LogP contribution >= 0.6 is 11.3 Å². The van der Waals surface area contributed by atoms with Crippen LogP contribution in [0.25, 0.3) is 32.3 Å². The van der Waals surface area contributed by atoms with E-state index in [2.05, 4.69) is 35.1 Å². The Hall–Kier alpha value is -3.33. The monoisotopic (exact) mass is 627 g/mol. The number of benzene rings is 1. The number of rotatable bonds is 19. The van der Waals surface area contributed by atoms with Crippen molar-refractivity contribution in [2.24, 2.45) is 0 Å². The smallest absolute Gasteiger partial charge is 0.432 e. The molecule has 0 saturated heterocycles. The molecule has 9 heteroatoms. The fourth-order valence-electron chi connectivity index (χ4n) is 5.07. The molecule has 1 aromatic carbocycles. The molecule has 0 bridgehead atoms. The van der Waals surface area contributed by atoms with Crippen molar-refractivity contribution in [3.63, 3.8) is 0 Å². The van der Waals surface area contributed by atoms with Crippen LogP contribution in [0.5, 0.6) is 11.5 Å². The Morgan fingerprint density at radius 1 is 0.705 bits per heavy atom. The molecule has 0 unspecified atom stereocenters. The second kappa shape index (κ2) is 17.2. The summed E-state index contributed by atoms with van der Waals surface area (Å²) >= 11 is 1.59. The quantitative estimate of drug-likeness (QED) is 0.105. The first kappa shape index (κ1) is 33.6. The third-order valence-electron chi connectivity index (χ3n) is 7.54. The van der Waals surface area contributed by atoms with E-state index in [1.165, 1.54) is 51.4 Å². The first-order valence-corrected chi connectivity index (χ1v) is 16.8. The molecule has 4 aromatic rings. The molecule has 0 radical (unpaired) electrons. The van der Waals surface area contributed by atoms with Crippen LogP contribution in [0.2, 0.25) is 0 Å². The molecule has 0 amide bonds. The van der Waals surface area contributed by atoms with Crippen molar-refractivity contribution in [3.8, 4) is 43.8 Å². The fraction of sp³-hybridized carbons (Fsp3) is 0.486. The Morgan fingerprint density at radius 2 is 1.30 bits per heavy atom. The van der Waals surface area contributed by atoms with Crippen molar-refractivity contribution >= 4 is 11.3 Å². The van der Waals surface area contributed by atoms with Crippen molar-refractivity contribution < 1.29 is 22.6 Å². The third-order valence-corrected chi connectivity index (χ3v) is 8.69. The Kier molecular flexibility index (Phi) is 13.1. The summed E-state index contributed by atoms with van der Waals surface area (Å²) in [5.41, 5.74) is 1.41. The molecule has 3 heterocycles. The SMILES string of the molecule is CCCCCCCCOc1cccc(OCCCCCCCC)c1-c1ccc(-c2ccnc(-c3cc(C(F)(F)F)[nH]n3)c2)s1. The normalized spacial score (nSPS) is 11.7. The van der Waals surface area contributed by atoms with Crippen LogP contribution in [-0.4, -0.2) is 28.4 Å². The predicted molar refractivity (Wildman–Crippen MR) is 173 cm³/mol. The maximum atomic E-state index is 13.1. The number of hydrogen-bond donors (Lipinski definition) is 1. The minimum absolute atomic E-state index is 0.148. The molecule has 0 aliphatic carbocycles. The highest BCUT2D eigenvalue weighted by Crippen LogP contribution is 2.44. The third kappa shape index (κ3) is 9.84. The molecule has 5 nitrogen and oxygen atoms in total. The van der Waals surface area contributed by atoms with Crippen LogP contribution in [0, 0.1) is 0 Å². The summed E-state index contributed by atoms with van der Waals surface area (Å²) in [7, 11) is 0. The zero-order chi connectivity index (χ0) is 31.2. The van der Waals surface area contributed by atoms with E-state index in [0.29, 0.717) is 18.9 Å². The van der Waals surface area contributed by atoms with Gasteiger partial charge in [0.15, 0.2) is 0 Å². The van der Waals surface area contributed by atoms with E-state index in [9.17, 15) is 13.2 Å². The van der Waals surface area contributed by atoms with Gasteiger partial charge in [0, 0.05) is 16.0 Å². The minimum atomic E-state index is -4.50. The van der Waals surface area contributed by atoms with E-state index in [0.717, 1.165) is 64.1 Å². The lowest BCUT2D eigenvalue weighted by Crippen LogP contribution is -2.04. The highest BCUT2D eigenvalue weighted by atomic mass is 32.1. The largest absolute Gasteiger partial charge is 0.493 e. The van der Waals surface area contributed by atoms with Crippen molar-refractivity contribution in [2.75, 3.05) is 13.2 Å². The first-order chi connectivity index (χ1) is 21.4. The van der Waals surface area contributed by atoms with Gasteiger partial charge in [-0.15, -0.1) is 11.3 Å². The number of alkyl halides is 3. The van der Waals surface area contributed by atoms with Gasteiger partial charge in [-0.25, -0.2) is 0 Å². The molecule has 0 aliphatic heterocycles. The molecule has 0 aliphatic rings. The molecule has 3 aromatic heterocycles. The number of thiophene rings is 1. The summed E-state index contributed by atoms with van der Waals surface area (Å²) in [4.78, 5) is 6.24. The van der Waals surface area contributed by atoms with Crippen molar-refractivity contribution in [1.29, 1.82) is 0 Å². The Bertz CT molecular complexity index is 1380. The predicted octanol–water partition coefficient (Wildman–Crippen LogP) is 11.4. The maximum absolute atomic E-state index is 13.1.